The molecule has 1 aliphatic heterocycles. The van der Waals surface area contributed by atoms with Crippen molar-refractivity contribution in [1.29, 1.82) is 0 Å². The summed E-state index contributed by atoms with van der Waals surface area (Å²) in [7, 11) is 0. The molecule has 0 amide bonds. The predicted octanol–water partition coefficient (Wildman–Crippen LogP) is -0.198. The zero-order valence-electron chi connectivity index (χ0n) is 10.1. The van der Waals surface area contributed by atoms with Gasteiger partial charge in [0.15, 0.2) is 0 Å². The summed E-state index contributed by atoms with van der Waals surface area (Å²) in [6, 6.07) is 0.639. The molecule has 1 aliphatic carbocycles. The van der Waals surface area contributed by atoms with E-state index in [0.29, 0.717) is 25.0 Å². The lowest BCUT2D eigenvalue weighted by molar-refractivity contribution is 0.0572. The molecule has 0 aromatic rings. The van der Waals surface area contributed by atoms with Gasteiger partial charge in [0.2, 0.25) is 0 Å². The van der Waals surface area contributed by atoms with E-state index in [4.69, 9.17) is 0 Å². The summed E-state index contributed by atoms with van der Waals surface area (Å²) in [6.45, 7) is 5.48. The minimum Gasteiger partial charge on any atom is -0.389 e. The smallest absolute Gasteiger partial charge is 0.0938 e. The van der Waals surface area contributed by atoms with Gasteiger partial charge in [0, 0.05) is 25.7 Å². The second kappa shape index (κ2) is 5.45. The van der Waals surface area contributed by atoms with Crippen LogP contribution in [0.4, 0.5) is 0 Å². The van der Waals surface area contributed by atoms with Crippen LogP contribution in [0.15, 0.2) is 0 Å². The molecule has 1 heterocycles. The first-order valence-corrected chi connectivity index (χ1v) is 6.52. The largest absolute Gasteiger partial charge is 0.389 e. The van der Waals surface area contributed by atoms with Gasteiger partial charge in [-0.25, -0.2) is 0 Å². The molecule has 2 aliphatic rings. The number of aliphatic hydroxyl groups excluding tert-OH is 2. The molecule has 0 radical (unpaired) electrons. The van der Waals surface area contributed by atoms with Crippen molar-refractivity contribution in [3.63, 3.8) is 0 Å². The summed E-state index contributed by atoms with van der Waals surface area (Å²) in [5.74, 6) is 0.692. The van der Waals surface area contributed by atoms with E-state index in [1.165, 1.54) is 19.3 Å². The maximum absolute atomic E-state index is 9.50. The van der Waals surface area contributed by atoms with Crippen molar-refractivity contribution in [3.8, 4) is 0 Å². The first-order valence-electron chi connectivity index (χ1n) is 6.52. The lowest BCUT2D eigenvalue weighted by Crippen LogP contribution is -2.39. The molecule has 0 spiro atoms. The van der Waals surface area contributed by atoms with Crippen molar-refractivity contribution in [3.05, 3.63) is 0 Å². The molecule has 0 aromatic carbocycles. The maximum atomic E-state index is 9.50. The number of β-amino-alcohol motifs (C(OH)–C–C–N with tert-alkyl or cyclic N) is 2. The minimum atomic E-state index is -0.543. The zero-order valence-corrected chi connectivity index (χ0v) is 10.1. The van der Waals surface area contributed by atoms with Gasteiger partial charge in [-0.05, 0) is 25.3 Å². The first kappa shape index (κ1) is 12.3. The number of nitrogens with zero attached hydrogens (tertiary/aromatic N) is 1. The number of aliphatic hydroxyl groups is 2. The first-order chi connectivity index (χ1) is 7.70. The Labute approximate surface area is 97.6 Å². The van der Waals surface area contributed by atoms with E-state index in [2.05, 4.69) is 17.1 Å². The number of hydrogen-bond donors (Lipinski definition) is 3. The van der Waals surface area contributed by atoms with Crippen molar-refractivity contribution in [1.82, 2.24) is 10.2 Å². The summed E-state index contributed by atoms with van der Waals surface area (Å²) in [4.78, 5) is 2.20. The molecular weight excluding hydrogens is 204 g/mol. The molecule has 2 fully saturated rings. The van der Waals surface area contributed by atoms with Crippen LogP contribution in [0, 0.1) is 5.92 Å². The standard InChI is InChI=1S/C12H24N2O2/c1-2-13-10-5-3-4-9(10)6-14-7-11(15)12(16)8-14/h9-13,15-16H,2-8H2,1H3. The van der Waals surface area contributed by atoms with Gasteiger partial charge >= 0.3 is 0 Å². The molecule has 3 N–H and O–H groups in total. The van der Waals surface area contributed by atoms with E-state index in [9.17, 15) is 10.2 Å². The van der Waals surface area contributed by atoms with Crippen LogP contribution in [-0.2, 0) is 0 Å². The fourth-order valence-electron chi connectivity index (χ4n) is 3.11. The second-order valence-electron chi connectivity index (χ2n) is 5.21. The van der Waals surface area contributed by atoms with Crippen molar-refractivity contribution >= 4 is 0 Å². The number of likely N-dealkylation sites (tertiary alicyclic amines) is 1. The Morgan fingerprint density at radius 3 is 2.50 bits per heavy atom. The van der Waals surface area contributed by atoms with E-state index in [1.54, 1.807) is 0 Å². The molecule has 4 unspecified atom stereocenters. The third-order valence-corrected chi connectivity index (χ3v) is 3.95. The van der Waals surface area contributed by atoms with Crippen LogP contribution < -0.4 is 5.32 Å². The SMILES string of the molecule is CCNC1CCCC1CN1CC(O)C(O)C1. The molecule has 2 rings (SSSR count). The fourth-order valence-corrected chi connectivity index (χ4v) is 3.11. The average Bonchev–Trinajstić information content (AvgIpc) is 2.77. The van der Waals surface area contributed by atoms with Crippen molar-refractivity contribution < 1.29 is 10.2 Å². The Hall–Kier alpha value is -0.160. The van der Waals surface area contributed by atoms with Gasteiger partial charge in [-0.2, -0.15) is 0 Å². The second-order valence-corrected chi connectivity index (χ2v) is 5.21. The summed E-state index contributed by atoms with van der Waals surface area (Å²) in [5, 5.41) is 22.5. The molecule has 0 aromatic heterocycles. The Bertz CT molecular complexity index is 215. The van der Waals surface area contributed by atoms with E-state index in [-0.39, 0.29) is 0 Å². The van der Waals surface area contributed by atoms with Gasteiger partial charge in [-0.15, -0.1) is 0 Å². The molecule has 4 atom stereocenters. The van der Waals surface area contributed by atoms with Gasteiger partial charge in [0.25, 0.3) is 0 Å². The summed E-state index contributed by atoms with van der Waals surface area (Å²) < 4.78 is 0. The third-order valence-electron chi connectivity index (χ3n) is 3.95. The van der Waals surface area contributed by atoms with Gasteiger partial charge in [-0.3, -0.25) is 4.90 Å². The molecular formula is C12H24N2O2. The van der Waals surface area contributed by atoms with Gasteiger partial charge in [0.05, 0.1) is 12.2 Å². The normalized spacial score (nSPS) is 40.7. The van der Waals surface area contributed by atoms with E-state index >= 15 is 0 Å². The average molecular weight is 228 g/mol. The predicted molar refractivity (Wildman–Crippen MR) is 63.3 cm³/mol. The Balaban J connectivity index is 1.80. The Morgan fingerprint density at radius 1 is 1.19 bits per heavy atom. The van der Waals surface area contributed by atoms with Gasteiger partial charge < -0.3 is 15.5 Å². The highest BCUT2D eigenvalue weighted by Gasteiger charge is 2.34. The summed E-state index contributed by atoms with van der Waals surface area (Å²) in [5.41, 5.74) is 0. The topological polar surface area (TPSA) is 55.7 Å². The molecule has 4 heteroatoms. The van der Waals surface area contributed by atoms with Gasteiger partial charge in [-0.1, -0.05) is 13.3 Å². The monoisotopic (exact) mass is 228 g/mol. The highest BCUT2D eigenvalue weighted by Crippen LogP contribution is 2.27. The van der Waals surface area contributed by atoms with E-state index < -0.39 is 12.2 Å². The van der Waals surface area contributed by atoms with Gasteiger partial charge in [0.1, 0.15) is 0 Å². The molecule has 16 heavy (non-hydrogen) atoms. The van der Waals surface area contributed by atoms with Crippen LogP contribution in [0.1, 0.15) is 26.2 Å². The molecule has 0 bridgehead atoms. The van der Waals surface area contributed by atoms with Crippen LogP contribution in [0.3, 0.4) is 0 Å². The Morgan fingerprint density at radius 2 is 1.88 bits per heavy atom. The van der Waals surface area contributed by atoms with E-state index in [0.717, 1.165) is 13.1 Å². The highest BCUT2D eigenvalue weighted by atomic mass is 16.3. The molecule has 1 saturated carbocycles. The molecule has 1 saturated heterocycles. The summed E-state index contributed by atoms with van der Waals surface area (Å²) >= 11 is 0. The van der Waals surface area contributed by atoms with Crippen LogP contribution in [0.25, 0.3) is 0 Å². The lowest BCUT2D eigenvalue weighted by atomic mass is 10.0. The molecule has 4 nitrogen and oxygen atoms in total. The lowest BCUT2D eigenvalue weighted by Gasteiger charge is -2.25. The third kappa shape index (κ3) is 2.74. The van der Waals surface area contributed by atoms with Crippen LogP contribution in [-0.4, -0.2) is 59.5 Å². The van der Waals surface area contributed by atoms with Crippen molar-refractivity contribution in [2.24, 2.45) is 5.92 Å². The number of hydrogen-bond acceptors (Lipinski definition) is 4. The quantitative estimate of drug-likeness (QED) is 0.624. The van der Waals surface area contributed by atoms with Crippen LogP contribution in [0.2, 0.25) is 0 Å². The summed E-state index contributed by atoms with van der Waals surface area (Å²) in [6.07, 6.45) is 2.78. The van der Waals surface area contributed by atoms with Crippen molar-refractivity contribution in [2.45, 2.75) is 44.4 Å². The number of nitrogens with one attached hydrogen (secondary N) is 1. The fraction of sp³-hybridized carbons (Fsp3) is 1.00. The number of rotatable bonds is 4. The van der Waals surface area contributed by atoms with Crippen LogP contribution >= 0.6 is 0 Å². The minimum absolute atomic E-state index is 0.543. The Kier molecular flexibility index (Phi) is 4.19. The van der Waals surface area contributed by atoms with E-state index in [1.807, 2.05) is 0 Å². The van der Waals surface area contributed by atoms with Crippen LogP contribution in [0.5, 0.6) is 0 Å². The van der Waals surface area contributed by atoms with Crippen molar-refractivity contribution in [2.75, 3.05) is 26.2 Å². The highest BCUT2D eigenvalue weighted by molar-refractivity contribution is 4.89. The molecule has 94 valence electrons. The maximum Gasteiger partial charge on any atom is 0.0938 e. The zero-order chi connectivity index (χ0) is 11.5.